The lowest BCUT2D eigenvalue weighted by Crippen LogP contribution is -2.22. The number of sulfonamides is 1. The zero-order chi connectivity index (χ0) is 24.2. The Labute approximate surface area is 197 Å². The highest BCUT2D eigenvalue weighted by molar-refractivity contribution is 7.89. The normalized spacial score (nSPS) is 11.0. The monoisotopic (exact) mass is 487 g/mol. The summed E-state index contributed by atoms with van der Waals surface area (Å²) < 4.78 is 29.9. The van der Waals surface area contributed by atoms with E-state index in [9.17, 15) is 18.0 Å². The topological polar surface area (TPSA) is 119 Å². The van der Waals surface area contributed by atoms with Gasteiger partial charge in [-0.25, -0.2) is 13.6 Å². The molecule has 0 heterocycles. The first kappa shape index (κ1) is 24.2. The molecule has 0 aromatic heterocycles. The predicted octanol–water partition coefficient (Wildman–Crippen LogP) is 3.66. The number of amides is 2. The molecule has 3 rings (SSSR count). The first-order chi connectivity index (χ1) is 15.5. The average Bonchev–Trinajstić information content (AvgIpc) is 2.73. The van der Waals surface area contributed by atoms with Gasteiger partial charge in [-0.3, -0.25) is 9.59 Å². The van der Waals surface area contributed by atoms with Gasteiger partial charge in [-0.2, -0.15) is 0 Å². The van der Waals surface area contributed by atoms with Gasteiger partial charge in [0.15, 0.2) is 0 Å². The second-order valence-corrected chi connectivity index (χ2v) is 9.36. The number of halogens is 1. The van der Waals surface area contributed by atoms with Crippen molar-refractivity contribution in [2.45, 2.75) is 11.3 Å². The molecule has 10 heteroatoms. The Morgan fingerprint density at radius 3 is 2.42 bits per heavy atom. The SMILES string of the molecule is CN(C)C(=O)c1cccc(CC(=O)Nc2ccc(Oc3cccc(Cl)c3)c(S(N)(=O)=O)c2)c1. The second kappa shape index (κ2) is 10.0. The largest absolute Gasteiger partial charge is 0.456 e. The molecule has 0 saturated carbocycles. The summed E-state index contributed by atoms with van der Waals surface area (Å²) in [5, 5.41) is 8.42. The predicted molar refractivity (Wildman–Crippen MR) is 126 cm³/mol. The van der Waals surface area contributed by atoms with Crippen molar-refractivity contribution in [2.24, 2.45) is 5.14 Å². The molecule has 0 spiro atoms. The maximum atomic E-state index is 12.5. The Kier molecular flexibility index (Phi) is 7.37. The zero-order valence-electron chi connectivity index (χ0n) is 17.9. The summed E-state index contributed by atoms with van der Waals surface area (Å²) >= 11 is 5.94. The van der Waals surface area contributed by atoms with Crippen molar-refractivity contribution in [3.05, 3.63) is 82.9 Å². The molecule has 33 heavy (non-hydrogen) atoms. The first-order valence-electron chi connectivity index (χ1n) is 9.73. The van der Waals surface area contributed by atoms with Crippen molar-refractivity contribution in [1.82, 2.24) is 4.90 Å². The van der Waals surface area contributed by atoms with Crippen LogP contribution in [0.1, 0.15) is 15.9 Å². The van der Waals surface area contributed by atoms with Gasteiger partial charge in [-0.1, -0.05) is 29.8 Å². The third-order valence-corrected chi connectivity index (χ3v) is 5.67. The number of hydrogen-bond acceptors (Lipinski definition) is 5. The molecule has 3 N–H and O–H groups in total. The molecule has 0 bridgehead atoms. The number of nitrogens with zero attached hydrogens (tertiary/aromatic N) is 1. The number of ether oxygens (including phenoxy) is 1. The maximum Gasteiger partial charge on any atom is 0.253 e. The van der Waals surface area contributed by atoms with Crippen LogP contribution in [0, 0.1) is 0 Å². The minimum atomic E-state index is -4.16. The van der Waals surface area contributed by atoms with Crippen molar-refractivity contribution < 1.29 is 22.7 Å². The summed E-state index contributed by atoms with van der Waals surface area (Å²) in [6, 6.07) is 17.3. The van der Waals surface area contributed by atoms with E-state index in [-0.39, 0.29) is 28.7 Å². The fourth-order valence-electron chi connectivity index (χ4n) is 3.01. The van der Waals surface area contributed by atoms with E-state index in [1.165, 1.54) is 29.2 Å². The van der Waals surface area contributed by atoms with E-state index in [2.05, 4.69) is 5.32 Å². The number of anilines is 1. The van der Waals surface area contributed by atoms with Gasteiger partial charge in [0.2, 0.25) is 15.9 Å². The van der Waals surface area contributed by atoms with Crippen molar-refractivity contribution in [2.75, 3.05) is 19.4 Å². The van der Waals surface area contributed by atoms with Crippen LogP contribution in [0.25, 0.3) is 0 Å². The van der Waals surface area contributed by atoms with Crippen LogP contribution in [0.3, 0.4) is 0 Å². The van der Waals surface area contributed by atoms with E-state index in [1.807, 2.05) is 0 Å². The van der Waals surface area contributed by atoms with Crippen LogP contribution in [0.2, 0.25) is 5.02 Å². The fourth-order valence-corrected chi connectivity index (χ4v) is 3.87. The van der Waals surface area contributed by atoms with Crippen LogP contribution in [-0.4, -0.2) is 39.2 Å². The third-order valence-electron chi connectivity index (χ3n) is 4.50. The van der Waals surface area contributed by atoms with Crippen LogP contribution < -0.4 is 15.2 Å². The molecule has 3 aromatic rings. The molecule has 0 aliphatic carbocycles. The standard InChI is InChI=1S/C23H22ClN3O5S/c1-27(2)23(29)16-6-3-5-15(11-16)12-22(28)26-18-9-10-20(21(14-18)33(25,30)31)32-19-8-4-7-17(24)13-19/h3-11,13-14H,12H2,1-2H3,(H,26,28)(H2,25,30,31). The highest BCUT2D eigenvalue weighted by Crippen LogP contribution is 2.31. The van der Waals surface area contributed by atoms with Crippen LogP contribution in [-0.2, 0) is 21.2 Å². The summed E-state index contributed by atoms with van der Waals surface area (Å²) in [6.45, 7) is 0. The van der Waals surface area contributed by atoms with E-state index in [4.69, 9.17) is 21.5 Å². The highest BCUT2D eigenvalue weighted by atomic mass is 35.5. The molecule has 0 fully saturated rings. The van der Waals surface area contributed by atoms with Gasteiger partial charge in [0.05, 0.1) is 6.42 Å². The second-order valence-electron chi connectivity index (χ2n) is 7.39. The van der Waals surface area contributed by atoms with Crippen molar-refractivity contribution in [1.29, 1.82) is 0 Å². The summed E-state index contributed by atoms with van der Waals surface area (Å²) in [4.78, 5) is 25.8. The highest BCUT2D eigenvalue weighted by Gasteiger charge is 2.18. The number of nitrogens with two attached hydrogens (primary N) is 1. The molecule has 3 aromatic carbocycles. The average molecular weight is 488 g/mol. The van der Waals surface area contributed by atoms with E-state index < -0.39 is 15.9 Å². The number of nitrogens with one attached hydrogen (secondary N) is 1. The number of carbonyl (C=O) groups excluding carboxylic acids is 2. The Morgan fingerprint density at radius 1 is 1.03 bits per heavy atom. The van der Waals surface area contributed by atoms with E-state index in [0.29, 0.717) is 21.9 Å². The lowest BCUT2D eigenvalue weighted by molar-refractivity contribution is -0.115. The van der Waals surface area contributed by atoms with Crippen LogP contribution in [0.4, 0.5) is 5.69 Å². The van der Waals surface area contributed by atoms with Gasteiger partial charge in [0, 0.05) is 30.4 Å². The molecule has 8 nitrogen and oxygen atoms in total. The van der Waals surface area contributed by atoms with Gasteiger partial charge >= 0.3 is 0 Å². The number of carbonyl (C=O) groups is 2. The summed E-state index contributed by atoms with van der Waals surface area (Å²) in [7, 11) is -0.869. The molecule has 2 amide bonds. The number of rotatable bonds is 7. The zero-order valence-corrected chi connectivity index (χ0v) is 19.5. The number of benzene rings is 3. The minimum absolute atomic E-state index is 0.00679. The molecular formula is C23H22ClN3O5S. The smallest absolute Gasteiger partial charge is 0.253 e. The lowest BCUT2D eigenvalue weighted by atomic mass is 10.1. The van der Waals surface area contributed by atoms with E-state index in [1.54, 1.807) is 56.6 Å². The Bertz CT molecular complexity index is 1310. The molecule has 0 unspecified atom stereocenters. The fraction of sp³-hybridized carbons (Fsp3) is 0.130. The van der Waals surface area contributed by atoms with Gasteiger partial charge in [-0.15, -0.1) is 0 Å². The molecule has 0 atom stereocenters. The molecule has 0 radical (unpaired) electrons. The Balaban J connectivity index is 1.79. The maximum absolute atomic E-state index is 12.5. The number of hydrogen-bond donors (Lipinski definition) is 2. The van der Waals surface area contributed by atoms with Gasteiger partial charge in [0.1, 0.15) is 16.4 Å². The van der Waals surface area contributed by atoms with Crippen molar-refractivity contribution in [3.63, 3.8) is 0 Å². The summed E-state index contributed by atoms with van der Waals surface area (Å²) in [6.07, 6.45) is -0.0139. The summed E-state index contributed by atoms with van der Waals surface area (Å²) in [5.41, 5.74) is 1.32. The first-order valence-corrected chi connectivity index (χ1v) is 11.7. The summed E-state index contributed by atoms with van der Waals surface area (Å²) in [5.74, 6) is -0.248. The van der Waals surface area contributed by atoms with E-state index >= 15 is 0 Å². The van der Waals surface area contributed by atoms with Crippen molar-refractivity contribution in [3.8, 4) is 11.5 Å². The lowest BCUT2D eigenvalue weighted by Gasteiger charge is -2.13. The van der Waals surface area contributed by atoms with Gasteiger partial charge in [0.25, 0.3) is 5.91 Å². The molecular weight excluding hydrogens is 466 g/mol. The van der Waals surface area contributed by atoms with Crippen LogP contribution in [0.5, 0.6) is 11.5 Å². The quantitative estimate of drug-likeness (QED) is 0.527. The molecule has 172 valence electrons. The Hall–Kier alpha value is -3.40. The molecule has 0 saturated heterocycles. The molecule has 0 aliphatic rings. The van der Waals surface area contributed by atoms with Gasteiger partial charge < -0.3 is 15.0 Å². The van der Waals surface area contributed by atoms with Crippen LogP contribution >= 0.6 is 11.6 Å². The van der Waals surface area contributed by atoms with Crippen LogP contribution in [0.15, 0.2) is 71.6 Å². The van der Waals surface area contributed by atoms with E-state index in [0.717, 1.165) is 0 Å². The Morgan fingerprint density at radius 2 is 1.76 bits per heavy atom. The minimum Gasteiger partial charge on any atom is -0.456 e. The molecule has 0 aliphatic heterocycles. The number of primary sulfonamides is 1. The third kappa shape index (κ3) is 6.55. The van der Waals surface area contributed by atoms with Crippen molar-refractivity contribution >= 4 is 39.1 Å². The van der Waals surface area contributed by atoms with Gasteiger partial charge in [-0.05, 0) is 54.1 Å².